The number of hydrogen-bond donors (Lipinski definition) is 1. The molecule has 5 nitrogen and oxygen atoms in total. The van der Waals surface area contributed by atoms with Crippen LogP contribution in [0, 0.1) is 12.8 Å². The molecule has 0 saturated carbocycles. The summed E-state index contributed by atoms with van der Waals surface area (Å²) >= 11 is 0. The van der Waals surface area contributed by atoms with E-state index in [4.69, 9.17) is 4.74 Å². The summed E-state index contributed by atoms with van der Waals surface area (Å²) in [5.74, 6) is 0.343. The molecule has 0 radical (unpaired) electrons. The SMILES string of the molecule is CCCCNC(=O)C1CN(C(=O)c2ccc(C)cc2)CC1c1ccccc1OC. The minimum Gasteiger partial charge on any atom is -0.496 e. The number of methoxy groups -OCH3 is 1. The summed E-state index contributed by atoms with van der Waals surface area (Å²) in [6.45, 7) is 5.67. The Labute approximate surface area is 173 Å². The number of carbonyl (C=O) groups excluding carboxylic acids is 2. The van der Waals surface area contributed by atoms with E-state index in [1.807, 2.05) is 55.5 Å². The topological polar surface area (TPSA) is 58.6 Å². The maximum absolute atomic E-state index is 13.1. The molecule has 0 spiro atoms. The first kappa shape index (κ1) is 20.9. The Morgan fingerprint density at radius 1 is 1.10 bits per heavy atom. The van der Waals surface area contributed by atoms with Crippen LogP contribution in [0.3, 0.4) is 0 Å². The first-order valence-electron chi connectivity index (χ1n) is 10.3. The van der Waals surface area contributed by atoms with Gasteiger partial charge >= 0.3 is 0 Å². The lowest BCUT2D eigenvalue weighted by Crippen LogP contribution is -2.36. The molecule has 1 aliphatic rings. The molecule has 2 aromatic rings. The van der Waals surface area contributed by atoms with Gasteiger partial charge in [0.15, 0.2) is 0 Å². The molecular weight excluding hydrogens is 364 g/mol. The Bertz CT molecular complexity index is 847. The van der Waals surface area contributed by atoms with Crippen molar-refractivity contribution in [2.24, 2.45) is 5.92 Å². The minimum atomic E-state index is -0.294. The predicted molar refractivity (Wildman–Crippen MR) is 114 cm³/mol. The quantitative estimate of drug-likeness (QED) is 0.727. The molecule has 1 aliphatic heterocycles. The maximum Gasteiger partial charge on any atom is 0.253 e. The highest BCUT2D eigenvalue weighted by atomic mass is 16.5. The van der Waals surface area contributed by atoms with Crippen LogP contribution in [-0.2, 0) is 4.79 Å². The van der Waals surface area contributed by atoms with Gasteiger partial charge in [-0.1, -0.05) is 49.2 Å². The first-order chi connectivity index (χ1) is 14.0. The molecule has 2 amide bonds. The second-order valence-electron chi connectivity index (χ2n) is 7.68. The zero-order chi connectivity index (χ0) is 20.8. The normalized spacial score (nSPS) is 18.5. The van der Waals surface area contributed by atoms with Crippen molar-refractivity contribution in [2.75, 3.05) is 26.7 Å². The van der Waals surface area contributed by atoms with Gasteiger partial charge in [0.05, 0.1) is 13.0 Å². The number of rotatable bonds is 7. The summed E-state index contributed by atoms with van der Waals surface area (Å²) < 4.78 is 5.54. The van der Waals surface area contributed by atoms with E-state index in [-0.39, 0.29) is 23.7 Å². The number of amides is 2. The zero-order valence-electron chi connectivity index (χ0n) is 17.5. The highest BCUT2D eigenvalue weighted by Crippen LogP contribution is 2.38. The summed E-state index contributed by atoms with van der Waals surface area (Å²) in [5, 5.41) is 3.05. The number of hydrogen-bond acceptors (Lipinski definition) is 3. The van der Waals surface area contributed by atoms with E-state index in [2.05, 4.69) is 12.2 Å². The van der Waals surface area contributed by atoms with Gasteiger partial charge in [0, 0.05) is 31.1 Å². The zero-order valence-corrected chi connectivity index (χ0v) is 17.5. The molecule has 29 heavy (non-hydrogen) atoms. The number of carbonyl (C=O) groups is 2. The lowest BCUT2D eigenvalue weighted by molar-refractivity contribution is -0.124. The molecular formula is C24H30N2O3. The number of benzene rings is 2. The van der Waals surface area contributed by atoms with Gasteiger partial charge in [-0.3, -0.25) is 9.59 Å². The van der Waals surface area contributed by atoms with Crippen LogP contribution in [0.4, 0.5) is 0 Å². The molecule has 3 rings (SSSR count). The first-order valence-corrected chi connectivity index (χ1v) is 10.3. The molecule has 1 N–H and O–H groups in total. The Balaban J connectivity index is 1.86. The second-order valence-corrected chi connectivity index (χ2v) is 7.68. The number of aryl methyl sites for hydroxylation is 1. The van der Waals surface area contributed by atoms with E-state index in [0.717, 1.165) is 29.7 Å². The van der Waals surface area contributed by atoms with Crippen LogP contribution in [-0.4, -0.2) is 43.5 Å². The Morgan fingerprint density at radius 2 is 1.83 bits per heavy atom. The molecule has 0 aromatic heterocycles. The van der Waals surface area contributed by atoms with Crippen molar-refractivity contribution in [1.29, 1.82) is 0 Å². The fraction of sp³-hybridized carbons (Fsp3) is 0.417. The van der Waals surface area contributed by atoms with Gasteiger partial charge in [-0.25, -0.2) is 0 Å². The third-order valence-corrected chi connectivity index (χ3v) is 5.61. The number of para-hydroxylation sites is 1. The molecule has 0 aliphatic carbocycles. The van der Waals surface area contributed by atoms with Gasteiger partial charge in [0.25, 0.3) is 5.91 Å². The van der Waals surface area contributed by atoms with E-state index >= 15 is 0 Å². The van der Waals surface area contributed by atoms with Gasteiger partial charge in [-0.05, 0) is 37.1 Å². The van der Waals surface area contributed by atoms with Crippen molar-refractivity contribution in [1.82, 2.24) is 10.2 Å². The van der Waals surface area contributed by atoms with Crippen LogP contribution in [0.15, 0.2) is 48.5 Å². The van der Waals surface area contributed by atoms with Gasteiger partial charge in [0.1, 0.15) is 5.75 Å². The van der Waals surface area contributed by atoms with E-state index in [1.54, 1.807) is 12.0 Å². The fourth-order valence-electron chi connectivity index (χ4n) is 3.92. The van der Waals surface area contributed by atoms with Crippen molar-refractivity contribution in [3.05, 3.63) is 65.2 Å². The van der Waals surface area contributed by atoms with E-state index in [9.17, 15) is 9.59 Å². The van der Waals surface area contributed by atoms with E-state index in [0.29, 0.717) is 25.2 Å². The number of likely N-dealkylation sites (tertiary alicyclic amines) is 1. The van der Waals surface area contributed by atoms with Crippen molar-refractivity contribution in [3.63, 3.8) is 0 Å². The monoisotopic (exact) mass is 394 g/mol. The third kappa shape index (κ3) is 4.78. The third-order valence-electron chi connectivity index (χ3n) is 5.61. The summed E-state index contributed by atoms with van der Waals surface area (Å²) in [5.41, 5.74) is 2.74. The van der Waals surface area contributed by atoms with Gasteiger partial charge in [0.2, 0.25) is 5.91 Å². The fourth-order valence-corrected chi connectivity index (χ4v) is 3.92. The molecule has 1 saturated heterocycles. The van der Waals surface area contributed by atoms with Crippen molar-refractivity contribution < 1.29 is 14.3 Å². The Morgan fingerprint density at radius 3 is 2.52 bits per heavy atom. The highest BCUT2D eigenvalue weighted by Gasteiger charge is 2.41. The Hall–Kier alpha value is -2.82. The standard InChI is InChI=1S/C24H30N2O3/c1-4-5-14-25-23(27)21-16-26(24(28)18-12-10-17(2)11-13-18)15-20(21)19-8-6-7-9-22(19)29-3/h6-13,20-21H,4-5,14-16H2,1-3H3,(H,25,27). The van der Waals surface area contributed by atoms with Gasteiger partial charge in [-0.2, -0.15) is 0 Å². The van der Waals surface area contributed by atoms with E-state index in [1.165, 1.54) is 0 Å². The van der Waals surface area contributed by atoms with Crippen LogP contribution in [0.2, 0.25) is 0 Å². The summed E-state index contributed by atoms with van der Waals surface area (Å²) in [6, 6.07) is 15.4. The van der Waals surface area contributed by atoms with Crippen molar-refractivity contribution >= 4 is 11.8 Å². The molecule has 154 valence electrons. The van der Waals surface area contributed by atoms with Crippen LogP contribution >= 0.6 is 0 Å². The molecule has 5 heteroatoms. The summed E-state index contributed by atoms with van der Waals surface area (Å²) in [4.78, 5) is 27.8. The molecule has 2 atom stereocenters. The number of nitrogens with zero attached hydrogens (tertiary/aromatic N) is 1. The number of unbranched alkanes of at least 4 members (excludes halogenated alkanes) is 1. The maximum atomic E-state index is 13.1. The number of ether oxygens (including phenoxy) is 1. The highest BCUT2D eigenvalue weighted by molar-refractivity contribution is 5.95. The molecule has 2 aromatic carbocycles. The predicted octanol–water partition coefficient (Wildman–Crippen LogP) is 3.78. The van der Waals surface area contributed by atoms with E-state index < -0.39 is 0 Å². The average molecular weight is 395 g/mol. The summed E-state index contributed by atoms with van der Waals surface area (Å²) in [6.07, 6.45) is 1.97. The minimum absolute atomic E-state index is 0.00793. The van der Waals surface area contributed by atoms with Crippen molar-refractivity contribution in [2.45, 2.75) is 32.6 Å². The van der Waals surface area contributed by atoms with Crippen LogP contribution in [0.25, 0.3) is 0 Å². The molecule has 2 unspecified atom stereocenters. The molecule has 1 heterocycles. The average Bonchev–Trinajstić information content (AvgIpc) is 3.19. The van der Waals surface area contributed by atoms with Crippen LogP contribution in [0.5, 0.6) is 5.75 Å². The van der Waals surface area contributed by atoms with Gasteiger partial charge < -0.3 is 15.0 Å². The summed E-state index contributed by atoms with van der Waals surface area (Å²) in [7, 11) is 1.64. The lowest BCUT2D eigenvalue weighted by atomic mass is 9.87. The van der Waals surface area contributed by atoms with Crippen LogP contribution in [0.1, 0.15) is 47.2 Å². The molecule has 0 bridgehead atoms. The van der Waals surface area contributed by atoms with Crippen molar-refractivity contribution in [3.8, 4) is 5.75 Å². The smallest absolute Gasteiger partial charge is 0.253 e. The molecule has 1 fully saturated rings. The van der Waals surface area contributed by atoms with Gasteiger partial charge in [-0.15, -0.1) is 0 Å². The van der Waals surface area contributed by atoms with Crippen LogP contribution < -0.4 is 10.1 Å². The Kier molecular flexibility index (Phi) is 6.91. The second kappa shape index (κ2) is 9.59. The lowest BCUT2D eigenvalue weighted by Gasteiger charge is -2.20. The number of nitrogens with one attached hydrogen (secondary N) is 1. The largest absolute Gasteiger partial charge is 0.496 e.